The summed E-state index contributed by atoms with van der Waals surface area (Å²) in [6, 6.07) is 6.12. The molecule has 8 heteroatoms. The summed E-state index contributed by atoms with van der Waals surface area (Å²) in [4.78, 5) is 12.8. The number of aromatic amines is 1. The van der Waals surface area contributed by atoms with Crippen molar-refractivity contribution in [3.63, 3.8) is 0 Å². The smallest absolute Gasteiger partial charge is 0.243 e. The van der Waals surface area contributed by atoms with Crippen LogP contribution in [0.4, 0.5) is 0 Å². The monoisotopic (exact) mass is 390 g/mol. The van der Waals surface area contributed by atoms with Crippen molar-refractivity contribution in [2.24, 2.45) is 0 Å². The second-order valence-corrected chi connectivity index (χ2v) is 8.89. The highest BCUT2D eigenvalue weighted by molar-refractivity contribution is 7.89. The highest BCUT2D eigenvalue weighted by Gasteiger charge is 2.39. The molecule has 1 atom stereocenters. The van der Waals surface area contributed by atoms with E-state index in [0.717, 1.165) is 29.7 Å². The Kier molecular flexibility index (Phi) is 5.96. The normalized spacial score (nSPS) is 17.9. The standard InChI is InChI=1S/C19H26N4O3S/c1-14-7-9-17(10-8-14)27(25,26)23-12-4-6-18(23)19(24)20-11-3-5-16-13-21-22-15(16)2/h7-10,13,18H,3-6,11-12H2,1-2H3,(H,20,24)(H,21,22)/t18-/m0/s1. The number of aryl methyl sites for hydroxylation is 3. The summed E-state index contributed by atoms with van der Waals surface area (Å²) < 4.78 is 27.2. The molecule has 0 unspecified atom stereocenters. The Labute approximate surface area is 160 Å². The number of nitrogens with one attached hydrogen (secondary N) is 2. The van der Waals surface area contributed by atoms with E-state index in [1.54, 1.807) is 30.5 Å². The maximum atomic E-state index is 12.9. The zero-order chi connectivity index (χ0) is 19.4. The Morgan fingerprint density at radius 3 is 2.70 bits per heavy atom. The van der Waals surface area contributed by atoms with E-state index in [9.17, 15) is 13.2 Å². The van der Waals surface area contributed by atoms with Crippen molar-refractivity contribution >= 4 is 15.9 Å². The Balaban J connectivity index is 1.59. The topological polar surface area (TPSA) is 95.2 Å². The molecule has 0 spiro atoms. The van der Waals surface area contributed by atoms with Gasteiger partial charge >= 0.3 is 0 Å². The van der Waals surface area contributed by atoms with Crippen molar-refractivity contribution in [3.05, 3.63) is 47.3 Å². The van der Waals surface area contributed by atoms with Crippen LogP contribution in [0.5, 0.6) is 0 Å². The summed E-state index contributed by atoms with van der Waals surface area (Å²) in [5.41, 5.74) is 3.17. The van der Waals surface area contributed by atoms with E-state index >= 15 is 0 Å². The number of amides is 1. The van der Waals surface area contributed by atoms with Gasteiger partial charge in [-0.2, -0.15) is 9.40 Å². The molecule has 27 heavy (non-hydrogen) atoms. The lowest BCUT2D eigenvalue weighted by atomic mass is 10.1. The maximum Gasteiger partial charge on any atom is 0.243 e. The minimum atomic E-state index is -3.66. The third-order valence-electron chi connectivity index (χ3n) is 4.99. The predicted molar refractivity (Wildman–Crippen MR) is 103 cm³/mol. The molecule has 2 aromatic rings. The number of hydrogen-bond donors (Lipinski definition) is 2. The van der Waals surface area contributed by atoms with Gasteiger partial charge in [0.05, 0.1) is 11.1 Å². The third kappa shape index (κ3) is 4.39. The number of nitrogens with zero attached hydrogens (tertiary/aromatic N) is 2. The Hall–Kier alpha value is -2.19. The first-order valence-corrected chi connectivity index (χ1v) is 10.7. The van der Waals surface area contributed by atoms with E-state index in [1.807, 2.05) is 13.8 Å². The molecule has 3 rings (SSSR count). The molecule has 0 saturated carbocycles. The largest absolute Gasteiger partial charge is 0.355 e. The van der Waals surface area contributed by atoms with E-state index in [-0.39, 0.29) is 10.8 Å². The number of carbonyl (C=O) groups excluding carboxylic acids is 1. The first-order chi connectivity index (χ1) is 12.9. The summed E-state index contributed by atoms with van der Waals surface area (Å²) in [6.07, 6.45) is 4.64. The van der Waals surface area contributed by atoms with Gasteiger partial charge in [0.15, 0.2) is 0 Å². The first-order valence-electron chi connectivity index (χ1n) is 9.24. The Morgan fingerprint density at radius 2 is 2.04 bits per heavy atom. The van der Waals surface area contributed by atoms with Crippen LogP contribution >= 0.6 is 0 Å². The van der Waals surface area contributed by atoms with Gasteiger partial charge in [-0.3, -0.25) is 9.89 Å². The molecule has 0 radical (unpaired) electrons. The van der Waals surface area contributed by atoms with E-state index < -0.39 is 16.1 Å². The number of hydrogen-bond acceptors (Lipinski definition) is 4. The fourth-order valence-electron chi connectivity index (χ4n) is 3.37. The first kappa shape index (κ1) is 19.6. The molecule has 1 aliphatic heterocycles. The van der Waals surface area contributed by atoms with Gasteiger partial charge in [0.1, 0.15) is 6.04 Å². The van der Waals surface area contributed by atoms with Gasteiger partial charge in [-0.15, -0.1) is 0 Å². The molecule has 1 saturated heterocycles. The van der Waals surface area contributed by atoms with Crippen molar-refractivity contribution in [1.29, 1.82) is 0 Å². The van der Waals surface area contributed by atoms with Gasteiger partial charge in [-0.1, -0.05) is 17.7 Å². The SMILES string of the molecule is Cc1ccc(S(=O)(=O)N2CCC[C@H]2C(=O)NCCCc2cn[nH]c2C)cc1. The fraction of sp³-hybridized carbons (Fsp3) is 0.474. The average molecular weight is 391 g/mol. The van der Waals surface area contributed by atoms with E-state index in [1.165, 1.54) is 4.31 Å². The maximum absolute atomic E-state index is 12.9. The van der Waals surface area contributed by atoms with Crippen molar-refractivity contribution in [1.82, 2.24) is 19.8 Å². The number of rotatable bonds is 7. The highest BCUT2D eigenvalue weighted by Crippen LogP contribution is 2.26. The molecule has 2 heterocycles. The number of aromatic nitrogens is 2. The van der Waals surface area contributed by atoms with Gasteiger partial charge in [0, 0.05) is 18.8 Å². The molecule has 0 bridgehead atoms. The van der Waals surface area contributed by atoms with E-state index in [4.69, 9.17) is 0 Å². The van der Waals surface area contributed by atoms with Crippen LogP contribution in [-0.2, 0) is 21.2 Å². The minimum Gasteiger partial charge on any atom is -0.355 e. The average Bonchev–Trinajstić information content (AvgIpc) is 3.28. The van der Waals surface area contributed by atoms with Crippen molar-refractivity contribution in [2.75, 3.05) is 13.1 Å². The van der Waals surface area contributed by atoms with Gasteiger partial charge in [0.25, 0.3) is 0 Å². The Morgan fingerprint density at radius 1 is 1.30 bits per heavy atom. The van der Waals surface area contributed by atoms with Gasteiger partial charge in [0.2, 0.25) is 15.9 Å². The summed E-state index contributed by atoms with van der Waals surface area (Å²) in [7, 11) is -3.66. The highest BCUT2D eigenvalue weighted by atomic mass is 32.2. The summed E-state index contributed by atoms with van der Waals surface area (Å²) >= 11 is 0. The molecule has 2 N–H and O–H groups in total. The number of carbonyl (C=O) groups is 1. The van der Waals surface area contributed by atoms with Crippen LogP contribution in [0, 0.1) is 13.8 Å². The predicted octanol–water partition coefficient (Wildman–Crippen LogP) is 1.93. The molecule has 1 fully saturated rings. The summed E-state index contributed by atoms with van der Waals surface area (Å²) in [5.74, 6) is -0.216. The van der Waals surface area contributed by atoms with Crippen LogP contribution in [-0.4, -0.2) is 48.0 Å². The zero-order valence-corrected chi connectivity index (χ0v) is 16.6. The molecule has 146 valence electrons. The van der Waals surface area contributed by atoms with E-state index in [0.29, 0.717) is 25.9 Å². The fourth-order valence-corrected chi connectivity index (χ4v) is 5.03. The molecule has 1 aromatic carbocycles. The van der Waals surface area contributed by atoms with Crippen molar-refractivity contribution < 1.29 is 13.2 Å². The van der Waals surface area contributed by atoms with Crippen LogP contribution in [0.3, 0.4) is 0 Å². The second kappa shape index (κ2) is 8.22. The number of H-pyrrole nitrogens is 1. The second-order valence-electron chi connectivity index (χ2n) is 7.00. The van der Waals surface area contributed by atoms with Crippen molar-refractivity contribution in [3.8, 4) is 0 Å². The minimum absolute atomic E-state index is 0.216. The quantitative estimate of drug-likeness (QED) is 0.706. The molecule has 1 aliphatic rings. The van der Waals surface area contributed by atoms with Gasteiger partial charge in [-0.25, -0.2) is 8.42 Å². The van der Waals surface area contributed by atoms with Crippen molar-refractivity contribution in [2.45, 2.75) is 50.5 Å². The molecular weight excluding hydrogens is 364 g/mol. The summed E-state index contributed by atoms with van der Waals surface area (Å²) in [6.45, 7) is 4.77. The van der Waals surface area contributed by atoms with Crippen LogP contribution in [0.15, 0.2) is 35.4 Å². The molecule has 7 nitrogen and oxygen atoms in total. The lowest BCUT2D eigenvalue weighted by Crippen LogP contribution is -2.46. The lowest BCUT2D eigenvalue weighted by molar-refractivity contribution is -0.124. The molecule has 1 aromatic heterocycles. The number of sulfonamides is 1. The third-order valence-corrected chi connectivity index (χ3v) is 6.91. The van der Waals surface area contributed by atoms with Crippen LogP contribution < -0.4 is 5.32 Å². The van der Waals surface area contributed by atoms with Crippen LogP contribution in [0.1, 0.15) is 36.1 Å². The van der Waals surface area contributed by atoms with Gasteiger partial charge < -0.3 is 5.32 Å². The van der Waals surface area contributed by atoms with Crippen LogP contribution in [0.25, 0.3) is 0 Å². The van der Waals surface area contributed by atoms with Gasteiger partial charge in [-0.05, 0) is 57.2 Å². The molecule has 1 amide bonds. The Bertz CT molecular complexity index is 890. The number of benzene rings is 1. The summed E-state index contributed by atoms with van der Waals surface area (Å²) in [5, 5.41) is 9.77. The molecule has 0 aliphatic carbocycles. The lowest BCUT2D eigenvalue weighted by Gasteiger charge is -2.23. The van der Waals surface area contributed by atoms with Crippen LogP contribution in [0.2, 0.25) is 0 Å². The van der Waals surface area contributed by atoms with E-state index in [2.05, 4.69) is 15.5 Å². The zero-order valence-electron chi connectivity index (χ0n) is 15.7. The molecular formula is C19H26N4O3S.